The summed E-state index contributed by atoms with van der Waals surface area (Å²) in [4.78, 5) is 4.50. The highest BCUT2D eigenvalue weighted by Gasteiger charge is 2.08. The summed E-state index contributed by atoms with van der Waals surface area (Å²) in [5.41, 5.74) is 3.28. The van der Waals surface area contributed by atoms with E-state index in [0.717, 1.165) is 33.7 Å². The first-order valence-corrected chi connectivity index (χ1v) is 8.45. The second-order valence-corrected chi connectivity index (χ2v) is 6.43. The molecule has 0 aliphatic heterocycles. The van der Waals surface area contributed by atoms with Gasteiger partial charge in [0.2, 0.25) is 0 Å². The highest BCUT2D eigenvalue weighted by atomic mass is 79.9. The molecule has 24 heavy (non-hydrogen) atoms. The molecule has 0 spiro atoms. The molecular weight excluding hydrogens is 364 g/mol. The Labute approximate surface area is 148 Å². The minimum Gasteiger partial charge on any atom is -0.326 e. The molecule has 0 N–H and O–H groups in total. The number of imidazole rings is 1. The Morgan fingerprint density at radius 1 is 1.00 bits per heavy atom. The number of rotatable bonds is 4. The van der Waals surface area contributed by atoms with Gasteiger partial charge in [0.25, 0.3) is 0 Å². The van der Waals surface area contributed by atoms with Crippen LogP contribution in [0.2, 0.25) is 0 Å². The molecule has 5 heteroatoms. The summed E-state index contributed by atoms with van der Waals surface area (Å²) in [5.74, 6) is 0.948. The number of hydrogen-bond acceptors (Lipinski definition) is 2. The first-order chi connectivity index (χ1) is 11.8. The fraction of sp³-hybridized carbons (Fsp3) is 0.0526. The van der Waals surface area contributed by atoms with Crippen LogP contribution in [0.15, 0.2) is 83.9 Å². The van der Waals surface area contributed by atoms with Crippen LogP contribution in [-0.4, -0.2) is 19.3 Å². The van der Waals surface area contributed by atoms with Gasteiger partial charge in [-0.05, 0) is 24.3 Å². The van der Waals surface area contributed by atoms with Crippen molar-refractivity contribution in [2.75, 3.05) is 0 Å². The first kappa shape index (κ1) is 14.9. The Morgan fingerprint density at radius 2 is 1.88 bits per heavy atom. The van der Waals surface area contributed by atoms with Crippen LogP contribution >= 0.6 is 15.9 Å². The molecule has 0 bridgehead atoms. The predicted molar refractivity (Wildman–Crippen MR) is 98.0 cm³/mol. The highest BCUT2D eigenvalue weighted by Crippen LogP contribution is 2.22. The van der Waals surface area contributed by atoms with Crippen LogP contribution in [0.1, 0.15) is 5.56 Å². The molecule has 4 rings (SSSR count). The zero-order valence-corrected chi connectivity index (χ0v) is 14.5. The lowest BCUT2D eigenvalue weighted by Crippen LogP contribution is -2.00. The van der Waals surface area contributed by atoms with E-state index in [4.69, 9.17) is 0 Å². The van der Waals surface area contributed by atoms with E-state index in [9.17, 15) is 0 Å². The van der Waals surface area contributed by atoms with Gasteiger partial charge in [-0.3, -0.25) is 0 Å². The van der Waals surface area contributed by atoms with E-state index in [-0.39, 0.29) is 0 Å². The lowest BCUT2D eigenvalue weighted by molar-refractivity contribution is 0.806. The zero-order valence-electron chi connectivity index (χ0n) is 12.9. The van der Waals surface area contributed by atoms with Crippen molar-refractivity contribution in [2.24, 2.45) is 0 Å². The van der Waals surface area contributed by atoms with Gasteiger partial charge in [0.05, 0.1) is 18.4 Å². The summed E-state index contributed by atoms with van der Waals surface area (Å²) >= 11 is 3.52. The van der Waals surface area contributed by atoms with E-state index in [2.05, 4.69) is 48.9 Å². The third kappa shape index (κ3) is 3.03. The summed E-state index contributed by atoms with van der Waals surface area (Å²) < 4.78 is 5.07. The maximum Gasteiger partial charge on any atom is 0.140 e. The molecule has 0 saturated heterocycles. The topological polar surface area (TPSA) is 35.6 Å². The van der Waals surface area contributed by atoms with Crippen LogP contribution in [0.25, 0.3) is 17.1 Å². The van der Waals surface area contributed by atoms with Crippen LogP contribution in [0.4, 0.5) is 0 Å². The molecule has 2 aromatic heterocycles. The van der Waals surface area contributed by atoms with Crippen molar-refractivity contribution in [1.29, 1.82) is 0 Å². The molecule has 4 nitrogen and oxygen atoms in total. The zero-order chi connectivity index (χ0) is 16.4. The first-order valence-electron chi connectivity index (χ1n) is 7.66. The Bertz CT molecular complexity index is 956. The van der Waals surface area contributed by atoms with Crippen LogP contribution < -0.4 is 0 Å². The van der Waals surface area contributed by atoms with Crippen molar-refractivity contribution in [1.82, 2.24) is 19.3 Å². The minimum atomic E-state index is 0.731. The highest BCUT2D eigenvalue weighted by molar-refractivity contribution is 9.10. The van der Waals surface area contributed by atoms with Crippen molar-refractivity contribution in [2.45, 2.75) is 6.54 Å². The molecule has 0 unspecified atom stereocenters. The van der Waals surface area contributed by atoms with Gasteiger partial charge in [0, 0.05) is 34.2 Å². The van der Waals surface area contributed by atoms with E-state index in [1.165, 1.54) is 0 Å². The second kappa shape index (κ2) is 6.45. The molecule has 0 atom stereocenters. The summed E-state index contributed by atoms with van der Waals surface area (Å²) in [5, 5.41) is 4.46. The minimum absolute atomic E-state index is 0.731. The fourth-order valence-electron chi connectivity index (χ4n) is 2.69. The molecule has 0 aliphatic carbocycles. The molecule has 4 aromatic rings. The molecule has 2 aromatic carbocycles. The lowest BCUT2D eigenvalue weighted by Gasteiger charge is -2.07. The van der Waals surface area contributed by atoms with Crippen molar-refractivity contribution >= 4 is 15.9 Å². The average molecular weight is 379 g/mol. The van der Waals surface area contributed by atoms with Gasteiger partial charge < -0.3 is 4.57 Å². The number of nitrogens with zero attached hydrogens (tertiary/aromatic N) is 4. The summed E-state index contributed by atoms with van der Waals surface area (Å²) in [7, 11) is 0. The summed E-state index contributed by atoms with van der Waals surface area (Å²) in [6.07, 6.45) is 7.78. The van der Waals surface area contributed by atoms with Crippen molar-refractivity contribution in [3.63, 3.8) is 0 Å². The SMILES string of the molecule is Brc1cccc(-c2nccn2Cc2cnn(-c3ccccc3)c2)c1. The molecule has 0 saturated carbocycles. The number of para-hydroxylation sites is 1. The standard InChI is InChI=1S/C19H15BrN4/c20-17-6-4-5-16(11-17)19-21-9-10-23(19)13-15-12-22-24(14-15)18-7-2-1-3-8-18/h1-12,14H,13H2. The number of hydrogen-bond donors (Lipinski definition) is 0. The van der Waals surface area contributed by atoms with E-state index >= 15 is 0 Å². The van der Waals surface area contributed by atoms with Crippen LogP contribution in [0, 0.1) is 0 Å². The van der Waals surface area contributed by atoms with Gasteiger partial charge in [0.15, 0.2) is 0 Å². The third-order valence-electron chi connectivity index (χ3n) is 3.81. The average Bonchev–Trinajstić information content (AvgIpc) is 3.26. The Hall–Kier alpha value is -2.66. The Morgan fingerprint density at radius 3 is 2.71 bits per heavy atom. The normalized spacial score (nSPS) is 10.9. The van der Waals surface area contributed by atoms with Gasteiger partial charge >= 0.3 is 0 Å². The van der Waals surface area contributed by atoms with E-state index in [1.54, 1.807) is 0 Å². The number of benzene rings is 2. The Kier molecular flexibility index (Phi) is 4.01. The van der Waals surface area contributed by atoms with Crippen molar-refractivity contribution < 1.29 is 0 Å². The molecule has 0 radical (unpaired) electrons. The van der Waals surface area contributed by atoms with Crippen molar-refractivity contribution in [3.05, 3.63) is 89.4 Å². The maximum atomic E-state index is 4.50. The van der Waals surface area contributed by atoms with Gasteiger partial charge in [-0.15, -0.1) is 0 Å². The second-order valence-electron chi connectivity index (χ2n) is 5.52. The van der Waals surface area contributed by atoms with Gasteiger partial charge in [-0.25, -0.2) is 9.67 Å². The summed E-state index contributed by atoms with van der Waals surface area (Å²) in [6, 6.07) is 18.3. The molecule has 0 amide bonds. The smallest absolute Gasteiger partial charge is 0.140 e. The lowest BCUT2D eigenvalue weighted by atomic mass is 10.2. The van der Waals surface area contributed by atoms with Crippen LogP contribution in [-0.2, 0) is 6.54 Å². The fourth-order valence-corrected chi connectivity index (χ4v) is 3.08. The summed E-state index contributed by atoms with van der Waals surface area (Å²) in [6.45, 7) is 0.731. The molecule has 0 fully saturated rings. The van der Waals surface area contributed by atoms with Gasteiger partial charge in [-0.2, -0.15) is 5.10 Å². The Balaban J connectivity index is 1.61. The number of halogens is 1. The van der Waals surface area contributed by atoms with Crippen LogP contribution in [0.3, 0.4) is 0 Å². The predicted octanol–water partition coefficient (Wildman–Crippen LogP) is 4.55. The van der Waals surface area contributed by atoms with Crippen molar-refractivity contribution in [3.8, 4) is 17.1 Å². The quantitative estimate of drug-likeness (QED) is 0.522. The van der Waals surface area contributed by atoms with Gasteiger partial charge in [0.1, 0.15) is 5.82 Å². The molecular formula is C19H15BrN4. The van der Waals surface area contributed by atoms with Gasteiger partial charge in [-0.1, -0.05) is 46.3 Å². The molecule has 118 valence electrons. The van der Waals surface area contributed by atoms with E-state index < -0.39 is 0 Å². The maximum absolute atomic E-state index is 4.50. The number of aromatic nitrogens is 4. The monoisotopic (exact) mass is 378 g/mol. The van der Waals surface area contributed by atoms with Crippen LogP contribution in [0.5, 0.6) is 0 Å². The van der Waals surface area contributed by atoms with E-state index in [0.29, 0.717) is 0 Å². The molecule has 0 aliphatic rings. The molecule has 2 heterocycles. The van der Waals surface area contributed by atoms with E-state index in [1.807, 2.05) is 65.7 Å². The third-order valence-corrected chi connectivity index (χ3v) is 4.30. The largest absolute Gasteiger partial charge is 0.326 e.